The molecule has 0 amide bonds. The Hall–Kier alpha value is -1.94. The summed E-state index contributed by atoms with van der Waals surface area (Å²) < 4.78 is 5.57. The highest BCUT2D eigenvalue weighted by atomic mass is 28.3. The van der Waals surface area contributed by atoms with Gasteiger partial charge in [0.15, 0.2) is 11.5 Å². The van der Waals surface area contributed by atoms with Crippen LogP contribution in [0.4, 0.5) is 0 Å². The van der Waals surface area contributed by atoms with Crippen molar-refractivity contribution in [1.29, 1.82) is 0 Å². The average Bonchev–Trinajstić information content (AvgIpc) is 2.50. The molecule has 0 fully saturated rings. The quantitative estimate of drug-likeness (QED) is 0.620. The van der Waals surface area contributed by atoms with Crippen LogP contribution in [0.15, 0.2) is 46.9 Å². The average molecular weight is 312 g/mol. The summed E-state index contributed by atoms with van der Waals surface area (Å²) in [6, 6.07) is 9.50. The fourth-order valence-electron chi connectivity index (χ4n) is 3.13. The maximum absolute atomic E-state index is 13.0. The summed E-state index contributed by atoms with van der Waals surface area (Å²) >= 11 is 0. The van der Waals surface area contributed by atoms with E-state index in [1.54, 1.807) is 0 Å². The van der Waals surface area contributed by atoms with Crippen molar-refractivity contribution in [3.63, 3.8) is 0 Å². The summed E-state index contributed by atoms with van der Waals surface area (Å²) in [7, 11) is -1.96. The second-order valence-electron chi connectivity index (χ2n) is 6.78. The van der Waals surface area contributed by atoms with Crippen LogP contribution in [0.1, 0.15) is 18.4 Å². The molecule has 0 radical (unpaired) electrons. The van der Waals surface area contributed by atoms with Crippen LogP contribution in [-0.2, 0) is 14.3 Å². The first kappa shape index (κ1) is 15.0. The molecule has 0 aromatic heterocycles. The smallest absolute Gasteiger partial charge is 0.228 e. The van der Waals surface area contributed by atoms with Crippen LogP contribution in [0.2, 0.25) is 19.6 Å². The number of hydrogen-bond donors (Lipinski definition) is 0. The molecule has 0 unspecified atom stereocenters. The molecule has 1 aromatic carbocycles. The van der Waals surface area contributed by atoms with Crippen molar-refractivity contribution >= 4 is 25.2 Å². The normalized spacial score (nSPS) is 19.2. The zero-order valence-corrected chi connectivity index (χ0v) is 14.2. The van der Waals surface area contributed by atoms with Crippen molar-refractivity contribution in [2.24, 2.45) is 0 Å². The number of Topliss-reactive ketones (excluding diaryl/α,β-unsaturated/α-hetero) is 2. The van der Waals surface area contributed by atoms with Gasteiger partial charge in [0.1, 0.15) is 0 Å². The topological polar surface area (TPSA) is 43.4 Å². The minimum Gasteiger partial charge on any atom is -0.489 e. The van der Waals surface area contributed by atoms with Gasteiger partial charge in [-0.1, -0.05) is 50.0 Å². The predicted octanol–water partition coefficient (Wildman–Crippen LogP) is 3.53. The van der Waals surface area contributed by atoms with E-state index in [0.29, 0.717) is 24.2 Å². The lowest BCUT2D eigenvalue weighted by Crippen LogP contribution is -2.38. The van der Waals surface area contributed by atoms with Gasteiger partial charge >= 0.3 is 0 Å². The maximum atomic E-state index is 13.0. The highest BCUT2D eigenvalue weighted by molar-refractivity contribution is 6.90. The van der Waals surface area contributed by atoms with Crippen molar-refractivity contribution < 1.29 is 14.3 Å². The van der Waals surface area contributed by atoms with Gasteiger partial charge in [-0.2, -0.15) is 0 Å². The molecule has 4 heteroatoms. The number of carbonyl (C=O) groups excluding carboxylic acids is 2. The summed E-state index contributed by atoms with van der Waals surface area (Å²) in [5, 5.41) is 0.743. The Morgan fingerprint density at radius 1 is 1.00 bits per heavy atom. The first-order valence-electron chi connectivity index (χ1n) is 7.67. The maximum Gasteiger partial charge on any atom is 0.228 e. The molecule has 0 saturated heterocycles. The van der Waals surface area contributed by atoms with E-state index in [2.05, 4.69) is 19.6 Å². The van der Waals surface area contributed by atoms with Gasteiger partial charge in [-0.05, 0) is 23.6 Å². The highest BCUT2D eigenvalue weighted by Crippen LogP contribution is 2.39. The molecule has 3 nitrogen and oxygen atoms in total. The van der Waals surface area contributed by atoms with Crippen LogP contribution in [-0.4, -0.2) is 26.2 Å². The lowest BCUT2D eigenvalue weighted by atomic mass is 9.87. The van der Waals surface area contributed by atoms with Crippen molar-refractivity contribution in [3.05, 3.63) is 52.4 Å². The SMILES string of the molecule is C[Si](C)(C)C1=C(c2ccccc2)C(=O)C2=C(CCCO2)C1=O. The summed E-state index contributed by atoms with van der Waals surface area (Å²) in [5.74, 6) is 0.211. The molecule has 2 aliphatic rings. The Labute approximate surface area is 131 Å². The number of ketones is 2. The Morgan fingerprint density at radius 3 is 2.32 bits per heavy atom. The van der Waals surface area contributed by atoms with E-state index in [4.69, 9.17) is 4.74 Å². The molecule has 0 saturated carbocycles. The third-order valence-electron chi connectivity index (χ3n) is 4.09. The highest BCUT2D eigenvalue weighted by Gasteiger charge is 2.42. The van der Waals surface area contributed by atoms with Gasteiger partial charge in [0.05, 0.1) is 14.7 Å². The molecular weight excluding hydrogens is 292 g/mol. The number of hydrogen-bond acceptors (Lipinski definition) is 3. The van der Waals surface area contributed by atoms with E-state index in [9.17, 15) is 9.59 Å². The van der Waals surface area contributed by atoms with E-state index in [-0.39, 0.29) is 17.3 Å². The molecule has 0 N–H and O–H groups in total. The summed E-state index contributed by atoms with van der Waals surface area (Å²) in [6.07, 6.45) is 1.45. The van der Waals surface area contributed by atoms with E-state index < -0.39 is 8.07 Å². The molecule has 0 atom stereocenters. The zero-order chi connectivity index (χ0) is 15.9. The van der Waals surface area contributed by atoms with Crippen LogP contribution in [0, 0.1) is 0 Å². The van der Waals surface area contributed by atoms with Gasteiger partial charge < -0.3 is 4.74 Å². The van der Waals surface area contributed by atoms with E-state index in [1.165, 1.54) is 0 Å². The van der Waals surface area contributed by atoms with E-state index in [1.807, 2.05) is 30.3 Å². The largest absolute Gasteiger partial charge is 0.489 e. The standard InChI is InChI=1S/C18H20O3Si/c1-22(2,3)18-14(12-8-5-4-6-9-12)16(20)17-13(15(18)19)10-7-11-21-17/h4-6,8-9H,7,10-11H2,1-3H3. The van der Waals surface area contributed by atoms with Crippen LogP contribution in [0.3, 0.4) is 0 Å². The number of benzene rings is 1. The molecule has 0 bridgehead atoms. The Morgan fingerprint density at radius 2 is 1.68 bits per heavy atom. The third-order valence-corrected chi connectivity index (χ3v) is 6.07. The summed E-state index contributed by atoms with van der Waals surface area (Å²) in [6.45, 7) is 6.87. The molecule has 22 heavy (non-hydrogen) atoms. The van der Waals surface area contributed by atoms with Crippen LogP contribution < -0.4 is 0 Å². The van der Waals surface area contributed by atoms with E-state index in [0.717, 1.165) is 17.2 Å². The van der Waals surface area contributed by atoms with E-state index >= 15 is 0 Å². The van der Waals surface area contributed by atoms with Gasteiger partial charge in [0.25, 0.3) is 0 Å². The fraction of sp³-hybridized carbons (Fsp3) is 0.333. The van der Waals surface area contributed by atoms with Gasteiger partial charge in [-0.25, -0.2) is 0 Å². The minimum absolute atomic E-state index is 0.0346. The molecule has 1 aliphatic carbocycles. The molecule has 0 spiro atoms. The van der Waals surface area contributed by atoms with Gasteiger partial charge in [-0.15, -0.1) is 0 Å². The van der Waals surface area contributed by atoms with Gasteiger partial charge in [-0.3, -0.25) is 9.59 Å². The molecule has 3 rings (SSSR count). The van der Waals surface area contributed by atoms with Crippen molar-refractivity contribution in [2.45, 2.75) is 32.5 Å². The fourth-order valence-corrected chi connectivity index (χ4v) is 4.97. The summed E-state index contributed by atoms with van der Waals surface area (Å²) in [5.41, 5.74) is 1.97. The summed E-state index contributed by atoms with van der Waals surface area (Å²) in [4.78, 5) is 26.0. The van der Waals surface area contributed by atoms with Crippen molar-refractivity contribution in [3.8, 4) is 0 Å². The molecular formula is C18H20O3Si. The third kappa shape index (κ3) is 2.37. The molecule has 1 heterocycles. The predicted molar refractivity (Wildman–Crippen MR) is 88.9 cm³/mol. The Balaban J connectivity index is 2.25. The first-order valence-corrected chi connectivity index (χ1v) is 11.2. The second-order valence-corrected chi connectivity index (χ2v) is 11.8. The van der Waals surface area contributed by atoms with Crippen molar-refractivity contribution in [2.75, 3.05) is 6.61 Å². The molecule has 1 aromatic rings. The molecule has 1 aliphatic heterocycles. The monoisotopic (exact) mass is 312 g/mol. The first-order chi connectivity index (χ1) is 10.4. The Bertz CT molecular complexity index is 706. The van der Waals surface area contributed by atoms with Crippen molar-refractivity contribution in [1.82, 2.24) is 0 Å². The number of ether oxygens (including phenoxy) is 1. The second kappa shape index (κ2) is 5.36. The lowest BCUT2D eigenvalue weighted by Gasteiger charge is -2.31. The number of rotatable bonds is 2. The molecule has 114 valence electrons. The van der Waals surface area contributed by atoms with Crippen LogP contribution in [0.5, 0.6) is 0 Å². The van der Waals surface area contributed by atoms with Gasteiger partial charge in [0.2, 0.25) is 5.78 Å². The van der Waals surface area contributed by atoms with Crippen LogP contribution >= 0.6 is 0 Å². The lowest BCUT2D eigenvalue weighted by molar-refractivity contribution is -0.118. The van der Waals surface area contributed by atoms with Gasteiger partial charge in [0, 0.05) is 11.1 Å². The van der Waals surface area contributed by atoms with Crippen LogP contribution in [0.25, 0.3) is 5.57 Å². The Kier molecular flexibility index (Phi) is 3.65. The minimum atomic E-state index is -1.96. The zero-order valence-electron chi connectivity index (χ0n) is 13.2. The number of allylic oxidation sites excluding steroid dienone is 3. The number of carbonyl (C=O) groups is 2.